The molecule has 0 aliphatic heterocycles. The van der Waals surface area contributed by atoms with Gasteiger partial charge in [-0.05, 0) is 43.2 Å². The Morgan fingerprint density at radius 2 is 1.60 bits per heavy atom. The van der Waals surface area contributed by atoms with E-state index in [4.69, 9.17) is 15.8 Å². The SMILES string of the molecule is Cc1ccc(S(=O)(=O)OCCc2ccc(Cl)cc2)cc1. The van der Waals surface area contributed by atoms with Crippen molar-refractivity contribution in [3.63, 3.8) is 0 Å². The average molecular weight is 311 g/mol. The molecule has 0 atom stereocenters. The van der Waals surface area contributed by atoms with Gasteiger partial charge in [0.2, 0.25) is 0 Å². The van der Waals surface area contributed by atoms with Crippen LogP contribution < -0.4 is 0 Å². The third-order valence-electron chi connectivity index (χ3n) is 2.85. The summed E-state index contributed by atoms with van der Waals surface area (Å²) < 4.78 is 28.9. The monoisotopic (exact) mass is 310 g/mol. The predicted molar refractivity (Wildman–Crippen MR) is 79.5 cm³/mol. The summed E-state index contributed by atoms with van der Waals surface area (Å²) in [5, 5.41) is 0.655. The number of benzene rings is 2. The zero-order chi connectivity index (χ0) is 14.6. The Morgan fingerprint density at radius 1 is 1.00 bits per heavy atom. The van der Waals surface area contributed by atoms with Gasteiger partial charge in [0.05, 0.1) is 11.5 Å². The van der Waals surface area contributed by atoms with Crippen LogP contribution in [0.1, 0.15) is 11.1 Å². The Kier molecular flexibility index (Phi) is 4.81. The predicted octanol–water partition coefficient (Wildman–Crippen LogP) is 3.60. The van der Waals surface area contributed by atoms with E-state index >= 15 is 0 Å². The minimum Gasteiger partial charge on any atom is -0.266 e. The zero-order valence-corrected chi connectivity index (χ0v) is 12.6. The molecule has 2 rings (SSSR count). The van der Waals surface area contributed by atoms with Gasteiger partial charge in [0.1, 0.15) is 0 Å². The molecule has 2 aromatic carbocycles. The average Bonchev–Trinajstić information content (AvgIpc) is 2.41. The Balaban J connectivity index is 1.96. The second-order valence-electron chi connectivity index (χ2n) is 4.47. The molecule has 0 heterocycles. The number of hydrogen-bond donors (Lipinski definition) is 0. The molecule has 0 bridgehead atoms. The maximum atomic E-state index is 11.9. The van der Waals surface area contributed by atoms with Crippen molar-refractivity contribution < 1.29 is 12.6 Å². The van der Waals surface area contributed by atoms with Gasteiger partial charge < -0.3 is 0 Å². The first-order valence-corrected chi connectivity index (χ1v) is 7.96. The van der Waals surface area contributed by atoms with E-state index in [1.54, 1.807) is 36.4 Å². The summed E-state index contributed by atoms with van der Waals surface area (Å²) >= 11 is 5.78. The van der Waals surface area contributed by atoms with Gasteiger partial charge in [-0.25, -0.2) is 0 Å². The van der Waals surface area contributed by atoms with E-state index in [0.717, 1.165) is 11.1 Å². The van der Waals surface area contributed by atoms with Crippen molar-refractivity contribution in [1.82, 2.24) is 0 Å². The van der Waals surface area contributed by atoms with Crippen molar-refractivity contribution in [2.24, 2.45) is 0 Å². The van der Waals surface area contributed by atoms with Crippen molar-refractivity contribution >= 4 is 21.7 Å². The van der Waals surface area contributed by atoms with Gasteiger partial charge in [-0.15, -0.1) is 0 Å². The van der Waals surface area contributed by atoms with Crippen LogP contribution >= 0.6 is 11.6 Å². The lowest BCUT2D eigenvalue weighted by atomic mass is 10.2. The maximum Gasteiger partial charge on any atom is 0.296 e. The lowest BCUT2D eigenvalue weighted by Gasteiger charge is -2.06. The molecule has 0 saturated heterocycles. The summed E-state index contributed by atoms with van der Waals surface area (Å²) in [6, 6.07) is 13.8. The fourth-order valence-electron chi connectivity index (χ4n) is 1.69. The van der Waals surface area contributed by atoms with Crippen LogP contribution in [0.25, 0.3) is 0 Å². The van der Waals surface area contributed by atoms with Gasteiger partial charge in [-0.2, -0.15) is 8.42 Å². The van der Waals surface area contributed by atoms with Gasteiger partial charge in [-0.3, -0.25) is 4.18 Å². The molecular weight excluding hydrogens is 296 g/mol. The number of hydrogen-bond acceptors (Lipinski definition) is 3. The largest absolute Gasteiger partial charge is 0.296 e. The Bertz CT molecular complexity index is 661. The molecule has 0 unspecified atom stereocenters. The molecule has 0 aliphatic rings. The second kappa shape index (κ2) is 6.39. The minimum absolute atomic E-state index is 0.109. The van der Waals surface area contributed by atoms with Crippen molar-refractivity contribution in [2.75, 3.05) is 6.61 Å². The van der Waals surface area contributed by atoms with Crippen LogP contribution in [0.3, 0.4) is 0 Å². The third kappa shape index (κ3) is 4.07. The van der Waals surface area contributed by atoms with Crippen molar-refractivity contribution in [3.05, 3.63) is 64.7 Å². The summed E-state index contributed by atoms with van der Waals surface area (Å²) in [6.07, 6.45) is 0.516. The molecule has 0 radical (unpaired) electrons. The Hall–Kier alpha value is -1.36. The molecule has 5 heteroatoms. The standard InChI is InChI=1S/C15H15ClO3S/c1-12-2-8-15(9-3-12)20(17,18)19-11-10-13-4-6-14(16)7-5-13/h2-9H,10-11H2,1H3. The first kappa shape index (κ1) is 15.0. The number of rotatable bonds is 5. The normalized spacial score (nSPS) is 11.5. The molecule has 2 aromatic rings. The number of aryl methyl sites for hydroxylation is 1. The van der Waals surface area contributed by atoms with E-state index in [1.807, 2.05) is 19.1 Å². The van der Waals surface area contributed by atoms with E-state index < -0.39 is 10.1 Å². The highest BCUT2D eigenvalue weighted by Gasteiger charge is 2.14. The van der Waals surface area contributed by atoms with Crippen molar-refractivity contribution in [2.45, 2.75) is 18.2 Å². The van der Waals surface area contributed by atoms with Crippen LogP contribution in [0.15, 0.2) is 53.4 Å². The summed E-state index contributed by atoms with van der Waals surface area (Å²) in [6.45, 7) is 2.01. The van der Waals surface area contributed by atoms with Gasteiger partial charge in [0.25, 0.3) is 10.1 Å². The highest BCUT2D eigenvalue weighted by molar-refractivity contribution is 7.86. The quantitative estimate of drug-likeness (QED) is 0.793. The van der Waals surface area contributed by atoms with Gasteiger partial charge in [0, 0.05) is 5.02 Å². The molecule has 0 fully saturated rings. The number of halogens is 1. The van der Waals surface area contributed by atoms with E-state index in [2.05, 4.69) is 0 Å². The zero-order valence-electron chi connectivity index (χ0n) is 11.0. The third-order valence-corrected chi connectivity index (χ3v) is 4.43. The van der Waals surface area contributed by atoms with E-state index in [1.165, 1.54) is 0 Å². The molecule has 0 saturated carbocycles. The lowest BCUT2D eigenvalue weighted by Crippen LogP contribution is -2.09. The van der Waals surface area contributed by atoms with E-state index in [9.17, 15) is 8.42 Å². The van der Waals surface area contributed by atoms with Gasteiger partial charge >= 0.3 is 0 Å². The highest BCUT2D eigenvalue weighted by Crippen LogP contribution is 2.14. The Morgan fingerprint density at radius 3 is 2.20 bits per heavy atom. The Labute approximate surface area is 124 Å². The van der Waals surface area contributed by atoms with Crippen molar-refractivity contribution in [3.8, 4) is 0 Å². The molecule has 0 aliphatic carbocycles. The van der Waals surface area contributed by atoms with Crippen LogP contribution in [-0.4, -0.2) is 15.0 Å². The van der Waals surface area contributed by atoms with Crippen LogP contribution in [-0.2, 0) is 20.7 Å². The molecular formula is C15H15ClO3S. The molecule has 106 valence electrons. The maximum absolute atomic E-state index is 11.9. The van der Waals surface area contributed by atoms with Crippen LogP contribution in [0.2, 0.25) is 5.02 Å². The molecule has 0 spiro atoms. The summed E-state index contributed by atoms with van der Waals surface area (Å²) in [5.74, 6) is 0. The van der Waals surface area contributed by atoms with E-state index in [-0.39, 0.29) is 11.5 Å². The van der Waals surface area contributed by atoms with Crippen molar-refractivity contribution in [1.29, 1.82) is 0 Å². The van der Waals surface area contributed by atoms with Crippen LogP contribution in [0, 0.1) is 6.92 Å². The molecule has 3 nitrogen and oxygen atoms in total. The smallest absolute Gasteiger partial charge is 0.266 e. The van der Waals surface area contributed by atoms with Crippen LogP contribution in [0.5, 0.6) is 0 Å². The summed E-state index contributed by atoms with van der Waals surface area (Å²) in [7, 11) is -3.68. The fraction of sp³-hybridized carbons (Fsp3) is 0.200. The molecule has 20 heavy (non-hydrogen) atoms. The van der Waals surface area contributed by atoms with Gasteiger partial charge in [-0.1, -0.05) is 41.4 Å². The van der Waals surface area contributed by atoms with E-state index in [0.29, 0.717) is 11.4 Å². The molecule has 0 amide bonds. The topological polar surface area (TPSA) is 43.4 Å². The fourth-order valence-corrected chi connectivity index (χ4v) is 2.73. The first-order chi connectivity index (χ1) is 9.47. The summed E-state index contributed by atoms with van der Waals surface area (Å²) in [4.78, 5) is 0.180. The van der Waals surface area contributed by atoms with Gasteiger partial charge in [0.15, 0.2) is 0 Å². The first-order valence-electron chi connectivity index (χ1n) is 6.18. The summed E-state index contributed by atoms with van der Waals surface area (Å²) in [5.41, 5.74) is 1.98. The molecule has 0 aromatic heterocycles. The molecule has 0 N–H and O–H groups in total. The highest BCUT2D eigenvalue weighted by atomic mass is 35.5. The minimum atomic E-state index is -3.68. The lowest BCUT2D eigenvalue weighted by molar-refractivity contribution is 0.322. The van der Waals surface area contributed by atoms with Crippen LogP contribution in [0.4, 0.5) is 0 Å². The second-order valence-corrected chi connectivity index (χ2v) is 6.52.